The summed E-state index contributed by atoms with van der Waals surface area (Å²) in [4.78, 5) is 14.3. The maximum Gasteiger partial charge on any atom is 0.254 e. The molecule has 0 spiro atoms. The lowest BCUT2D eigenvalue weighted by Crippen LogP contribution is -2.50. The van der Waals surface area contributed by atoms with Crippen LogP contribution in [0.15, 0.2) is 24.3 Å². The summed E-state index contributed by atoms with van der Waals surface area (Å²) in [6.07, 6.45) is 2.02. The second-order valence-electron chi connectivity index (χ2n) is 5.09. The number of amides is 1. The van der Waals surface area contributed by atoms with Gasteiger partial charge in [-0.3, -0.25) is 4.79 Å². The fraction of sp³-hybridized carbons (Fsp3) is 0.500. The smallest absolute Gasteiger partial charge is 0.254 e. The van der Waals surface area contributed by atoms with Gasteiger partial charge in [0, 0.05) is 18.7 Å². The lowest BCUT2D eigenvalue weighted by Gasteiger charge is -2.35. The molecule has 0 aromatic heterocycles. The minimum atomic E-state index is -0.314. The van der Waals surface area contributed by atoms with Crippen molar-refractivity contribution in [1.29, 1.82) is 0 Å². The first-order valence-corrected chi connectivity index (χ1v) is 6.29. The first kappa shape index (κ1) is 13.0. The van der Waals surface area contributed by atoms with Crippen LogP contribution in [-0.4, -0.2) is 36.5 Å². The van der Waals surface area contributed by atoms with Crippen molar-refractivity contribution >= 4 is 5.91 Å². The maximum atomic E-state index is 12.9. The molecule has 1 aliphatic heterocycles. The summed E-state index contributed by atoms with van der Waals surface area (Å²) < 4.78 is 12.9. The molecule has 1 fully saturated rings. The molecule has 18 heavy (non-hydrogen) atoms. The minimum absolute atomic E-state index is 0.00903. The fourth-order valence-corrected chi connectivity index (χ4v) is 2.68. The minimum Gasteiger partial charge on any atom is -0.332 e. The van der Waals surface area contributed by atoms with Gasteiger partial charge >= 0.3 is 0 Å². The number of carbonyl (C=O) groups is 1. The van der Waals surface area contributed by atoms with Crippen LogP contribution in [0.2, 0.25) is 0 Å². The summed E-state index contributed by atoms with van der Waals surface area (Å²) in [5.41, 5.74) is 0.417. The Morgan fingerprint density at radius 2 is 2.11 bits per heavy atom. The summed E-state index contributed by atoms with van der Waals surface area (Å²) in [5.74, 6) is -0.323. The molecule has 0 saturated carbocycles. The van der Waals surface area contributed by atoms with Gasteiger partial charge in [-0.25, -0.2) is 4.39 Å². The summed E-state index contributed by atoms with van der Waals surface area (Å²) >= 11 is 0. The van der Waals surface area contributed by atoms with Gasteiger partial charge in [0.15, 0.2) is 0 Å². The normalized spacial score (nSPS) is 23.4. The van der Waals surface area contributed by atoms with Crippen LogP contribution in [0.4, 0.5) is 4.39 Å². The topological polar surface area (TPSA) is 32.3 Å². The van der Waals surface area contributed by atoms with Gasteiger partial charge in [-0.05, 0) is 51.1 Å². The van der Waals surface area contributed by atoms with E-state index in [2.05, 4.69) is 12.2 Å². The summed E-state index contributed by atoms with van der Waals surface area (Å²) in [6, 6.07) is 5.77. The molecule has 1 N–H and O–H groups in total. The van der Waals surface area contributed by atoms with Gasteiger partial charge in [0.1, 0.15) is 5.82 Å². The molecule has 4 heteroatoms. The molecule has 1 aliphatic rings. The van der Waals surface area contributed by atoms with E-state index in [0.29, 0.717) is 5.56 Å². The van der Waals surface area contributed by atoms with Crippen LogP contribution in [0, 0.1) is 5.82 Å². The molecule has 0 aliphatic carbocycles. The zero-order valence-electron chi connectivity index (χ0n) is 10.9. The van der Waals surface area contributed by atoms with E-state index >= 15 is 0 Å². The first-order valence-electron chi connectivity index (χ1n) is 6.29. The van der Waals surface area contributed by atoms with Gasteiger partial charge in [-0.2, -0.15) is 0 Å². The van der Waals surface area contributed by atoms with Gasteiger partial charge in [-0.15, -0.1) is 0 Å². The van der Waals surface area contributed by atoms with E-state index < -0.39 is 0 Å². The van der Waals surface area contributed by atoms with E-state index in [9.17, 15) is 9.18 Å². The number of likely N-dealkylation sites (N-methyl/N-ethyl adjacent to an activating group) is 1. The predicted octanol–water partition coefficient (Wildman–Crippen LogP) is 2.04. The van der Waals surface area contributed by atoms with Crippen molar-refractivity contribution in [2.75, 3.05) is 20.1 Å². The molecule has 1 aromatic rings. The first-order chi connectivity index (χ1) is 8.57. The number of likely N-dealkylation sites (tertiary alicyclic amines) is 1. The third-order valence-electron chi connectivity index (χ3n) is 3.64. The molecule has 1 aromatic carbocycles. The lowest BCUT2D eigenvalue weighted by atomic mass is 9.98. The summed E-state index contributed by atoms with van der Waals surface area (Å²) in [5, 5.41) is 3.14. The molecule has 98 valence electrons. The molecule has 1 saturated heterocycles. The summed E-state index contributed by atoms with van der Waals surface area (Å²) in [6.45, 7) is 3.65. The van der Waals surface area contributed by atoms with Crippen molar-refractivity contribution in [2.45, 2.75) is 25.3 Å². The zero-order valence-corrected chi connectivity index (χ0v) is 10.9. The van der Waals surface area contributed by atoms with Crippen molar-refractivity contribution in [3.63, 3.8) is 0 Å². The molecule has 0 radical (unpaired) electrons. The summed E-state index contributed by atoms with van der Waals surface area (Å²) in [7, 11) is 1.89. The average Bonchev–Trinajstić information content (AvgIpc) is 2.71. The number of rotatable bonds is 3. The Kier molecular flexibility index (Phi) is 3.66. The standard InChI is InChI=1S/C14H19FN2O/c1-14(10-16-2)8-3-9-17(14)13(18)11-4-6-12(15)7-5-11/h4-7,16H,3,8-10H2,1-2H3. The largest absolute Gasteiger partial charge is 0.332 e. The molecular weight excluding hydrogens is 231 g/mol. The number of nitrogens with zero attached hydrogens (tertiary/aromatic N) is 1. The van der Waals surface area contributed by atoms with Gasteiger partial charge in [0.05, 0.1) is 5.54 Å². The van der Waals surface area contributed by atoms with Crippen molar-refractivity contribution in [3.05, 3.63) is 35.6 Å². The number of nitrogens with one attached hydrogen (secondary N) is 1. The highest BCUT2D eigenvalue weighted by molar-refractivity contribution is 5.94. The van der Waals surface area contributed by atoms with E-state index in [0.717, 1.165) is 25.9 Å². The van der Waals surface area contributed by atoms with Crippen LogP contribution in [-0.2, 0) is 0 Å². The maximum absolute atomic E-state index is 12.9. The Morgan fingerprint density at radius 3 is 2.72 bits per heavy atom. The van der Waals surface area contributed by atoms with Gasteiger partial charge in [-0.1, -0.05) is 0 Å². The van der Waals surface area contributed by atoms with Crippen LogP contribution in [0.3, 0.4) is 0 Å². The third kappa shape index (κ3) is 2.38. The Morgan fingerprint density at radius 1 is 1.44 bits per heavy atom. The van der Waals surface area contributed by atoms with Crippen LogP contribution in [0.1, 0.15) is 30.1 Å². The van der Waals surface area contributed by atoms with Crippen molar-refractivity contribution < 1.29 is 9.18 Å². The SMILES string of the molecule is CNCC1(C)CCCN1C(=O)c1ccc(F)cc1. The number of hydrogen-bond acceptors (Lipinski definition) is 2. The van der Waals surface area contributed by atoms with Gasteiger partial charge in [0.25, 0.3) is 5.91 Å². The monoisotopic (exact) mass is 250 g/mol. The second kappa shape index (κ2) is 5.06. The van der Waals surface area contributed by atoms with E-state index in [1.165, 1.54) is 12.1 Å². The lowest BCUT2D eigenvalue weighted by molar-refractivity contribution is 0.0626. The highest BCUT2D eigenvalue weighted by atomic mass is 19.1. The number of halogens is 1. The van der Waals surface area contributed by atoms with E-state index in [1.54, 1.807) is 12.1 Å². The molecule has 2 rings (SSSR count). The highest BCUT2D eigenvalue weighted by Crippen LogP contribution is 2.29. The van der Waals surface area contributed by atoms with Crippen LogP contribution in [0.5, 0.6) is 0 Å². The quantitative estimate of drug-likeness (QED) is 0.890. The van der Waals surface area contributed by atoms with Crippen molar-refractivity contribution in [2.24, 2.45) is 0 Å². The predicted molar refractivity (Wildman–Crippen MR) is 69.0 cm³/mol. The number of benzene rings is 1. The van der Waals surface area contributed by atoms with Crippen molar-refractivity contribution in [3.8, 4) is 0 Å². The van der Waals surface area contributed by atoms with Crippen LogP contribution < -0.4 is 5.32 Å². The van der Waals surface area contributed by atoms with E-state index in [1.807, 2.05) is 11.9 Å². The van der Waals surface area contributed by atoms with E-state index in [4.69, 9.17) is 0 Å². The van der Waals surface area contributed by atoms with Crippen molar-refractivity contribution in [1.82, 2.24) is 10.2 Å². The Labute approximate surface area is 107 Å². The molecule has 1 atom stereocenters. The second-order valence-corrected chi connectivity index (χ2v) is 5.09. The van der Waals surface area contributed by atoms with Gasteiger partial charge < -0.3 is 10.2 Å². The number of carbonyl (C=O) groups excluding carboxylic acids is 1. The Balaban J connectivity index is 2.20. The fourth-order valence-electron chi connectivity index (χ4n) is 2.68. The van der Waals surface area contributed by atoms with Crippen LogP contribution >= 0.6 is 0 Å². The molecule has 1 heterocycles. The molecule has 1 amide bonds. The molecule has 3 nitrogen and oxygen atoms in total. The van der Waals surface area contributed by atoms with Gasteiger partial charge in [0.2, 0.25) is 0 Å². The zero-order chi connectivity index (χ0) is 13.2. The molecule has 1 unspecified atom stereocenters. The Hall–Kier alpha value is -1.42. The van der Waals surface area contributed by atoms with E-state index in [-0.39, 0.29) is 17.3 Å². The molecule has 0 bridgehead atoms. The highest BCUT2D eigenvalue weighted by Gasteiger charge is 2.39. The third-order valence-corrected chi connectivity index (χ3v) is 3.64. The molecular formula is C14H19FN2O. The van der Waals surface area contributed by atoms with Crippen LogP contribution in [0.25, 0.3) is 0 Å². The average molecular weight is 250 g/mol. The number of hydrogen-bond donors (Lipinski definition) is 1. The Bertz CT molecular complexity index is 432.